The maximum absolute atomic E-state index is 12.5. The van der Waals surface area contributed by atoms with Gasteiger partial charge in [-0.1, -0.05) is 35.3 Å². The minimum absolute atomic E-state index is 0.0550. The van der Waals surface area contributed by atoms with Crippen molar-refractivity contribution in [2.75, 3.05) is 27.2 Å². The second-order valence-electron chi connectivity index (χ2n) is 7.09. The predicted octanol–water partition coefficient (Wildman–Crippen LogP) is 5.23. The quantitative estimate of drug-likeness (QED) is 0.574. The molecule has 0 fully saturated rings. The average molecular weight is 421 g/mol. The molecule has 28 heavy (non-hydrogen) atoms. The van der Waals surface area contributed by atoms with Gasteiger partial charge in [0.1, 0.15) is 0 Å². The summed E-state index contributed by atoms with van der Waals surface area (Å²) in [5.41, 5.74) is 3.06. The smallest absolute Gasteiger partial charge is 0.253 e. The SMILES string of the molecule is Cc1ccc(C(=O)N(C)CCCCN(C)C(=O)c2ccc(C)c(Cl)c2)cc1Cl. The zero-order chi connectivity index (χ0) is 20.8. The van der Waals surface area contributed by atoms with Gasteiger partial charge in [-0.25, -0.2) is 0 Å². The molecule has 150 valence electrons. The standard InChI is InChI=1S/C22H26Cl2N2O2/c1-15-7-9-17(13-19(15)23)21(27)25(3)11-5-6-12-26(4)22(28)18-10-8-16(2)20(24)14-18/h7-10,13-14H,5-6,11-12H2,1-4H3. The number of rotatable bonds is 7. The van der Waals surface area contributed by atoms with Gasteiger partial charge < -0.3 is 9.80 Å². The molecule has 0 saturated heterocycles. The molecule has 0 aliphatic carbocycles. The van der Waals surface area contributed by atoms with E-state index in [0.29, 0.717) is 34.3 Å². The molecule has 0 radical (unpaired) electrons. The fraction of sp³-hybridized carbons (Fsp3) is 0.364. The first-order valence-corrected chi connectivity index (χ1v) is 9.99. The van der Waals surface area contributed by atoms with E-state index in [0.717, 1.165) is 24.0 Å². The number of hydrogen-bond acceptors (Lipinski definition) is 2. The van der Waals surface area contributed by atoms with E-state index in [1.165, 1.54) is 0 Å². The molecule has 2 aromatic rings. The van der Waals surface area contributed by atoms with Crippen LogP contribution in [-0.2, 0) is 0 Å². The van der Waals surface area contributed by atoms with Gasteiger partial charge in [0.2, 0.25) is 0 Å². The van der Waals surface area contributed by atoms with E-state index >= 15 is 0 Å². The Labute approximate surface area is 177 Å². The Balaban J connectivity index is 1.80. The van der Waals surface area contributed by atoms with Gasteiger partial charge >= 0.3 is 0 Å². The lowest BCUT2D eigenvalue weighted by Crippen LogP contribution is -2.30. The monoisotopic (exact) mass is 420 g/mol. The predicted molar refractivity (Wildman–Crippen MR) is 116 cm³/mol. The van der Waals surface area contributed by atoms with E-state index in [2.05, 4.69) is 0 Å². The molecule has 0 spiro atoms. The van der Waals surface area contributed by atoms with Gasteiger partial charge in [0.25, 0.3) is 11.8 Å². The van der Waals surface area contributed by atoms with Crippen LogP contribution in [0.1, 0.15) is 44.7 Å². The van der Waals surface area contributed by atoms with E-state index in [9.17, 15) is 9.59 Å². The minimum Gasteiger partial charge on any atom is -0.342 e. The topological polar surface area (TPSA) is 40.6 Å². The van der Waals surface area contributed by atoms with Crippen molar-refractivity contribution in [3.8, 4) is 0 Å². The van der Waals surface area contributed by atoms with E-state index < -0.39 is 0 Å². The largest absolute Gasteiger partial charge is 0.342 e. The lowest BCUT2D eigenvalue weighted by atomic mass is 10.1. The zero-order valence-corrected chi connectivity index (χ0v) is 18.3. The highest BCUT2D eigenvalue weighted by Crippen LogP contribution is 2.19. The minimum atomic E-state index is -0.0550. The number of carbonyl (C=O) groups is 2. The van der Waals surface area contributed by atoms with Gasteiger partial charge in [-0.15, -0.1) is 0 Å². The first kappa shape index (κ1) is 22.3. The van der Waals surface area contributed by atoms with Crippen LogP contribution in [0.3, 0.4) is 0 Å². The molecule has 4 nitrogen and oxygen atoms in total. The second-order valence-corrected chi connectivity index (χ2v) is 7.90. The van der Waals surface area contributed by atoms with E-state index in [1.807, 2.05) is 26.0 Å². The number of amides is 2. The van der Waals surface area contributed by atoms with Crippen molar-refractivity contribution in [1.82, 2.24) is 9.80 Å². The summed E-state index contributed by atoms with van der Waals surface area (Å²) in [6.45, 7) is 5.04. The molecule has 0 saturated carbocycles. The highest BCUT2D eigenvalue weighted by molar-refractivity contribution is 6.32. The number of benzene rings is 2. The van der Waals surface area contributed by atoms with Gasteiger partial charge in [0.05, 0.1) is 0 Å². The van der Waals surface area contributed by atoms with Crippen molar-refractivity contribution in [3.63, 3.8) is 0 Å². The van der Waals surface area contributed by atoms with Gasteiger partial charge in [0.15, 0.2) is 0 Å². The van der Waals surface area contributed by atoms with Crippen molar-refractivity contribution in [2.24, 2.45) is 0 Å². The maximum Gasteiger partial charge on any atom is 0.253 e. The molecule has 2 rings (SSSR count). The first-order chi connectivity index (χ1) is 13.2. The summed E-state index contributed by atoms with van der Waals surface area (Å²) in [6.07, 6.45) is 1.60. The Kier molecular flexibility index (Phi) is 7.90. The van der Waals surface area contributed by atoms with Crippen LogP contribution in [0.5, 0.6) is 0 Å². The van der Waals surface area contributed by atoms with Gasteiger partial charge in [-0.05, 0) is 62.1 Å². The zero-order valence-electron chi connectivity index (χ0n) is 16.8. The molecule has 0 unspecified atom stereocenters. The van der Waals surface area contributed by atoms with Gasteiger partial charge in [-0.3, -0.25) is 9.59 Å². The molecule has 2 amide bonds. The summed E-state index contributed by atoms with van der Waals surface area (Å²) >= 11 is 12.2. The lowest BCUT2D eigenvalue weighted by Gasteiger charge is -2.20. The lowest BCUT2D eigenvalue weighted by molar-refractivity contribution is 0.0766. The molecule has 0 bridgehead atoms. The van der Waals surface area contributed by atoms with Crippen LogP contribution in [0.25, 0.3) is 0 Å². The van der Waals surface area contributed by atoms with Gasteiger partial charge in [-0.2, -0.15) is 0 Å². The molecule has 0 atom stereocenters. The molecule has 0 aromatic heterocycles. The normalized spacial score (nSPS) is 10.6. The highest BCUT2D eigenvalue weighted by atomic mass is 35.5. The number of halogens is 2. The summed E-state index contributed by atoms with van der Waals surface area (Å²) in [5.74, 6) is -0.110. The fourth-order valence-corrected chi connectivity index (χ4v) is 3.15. The number of hydrogen-bond donors (Lipinski definition) is 0. The molecule has 0 N–H and O–H groups in total. The van der Waals surface area contributed by atoms with Crippen LogP contribution in [-0.4, -0.2) is 48.8 Å². The van der Waals surface area contributed by atoms with Crippen LogP contribution >= 0.6 is 23.2 Å². The molecule has 6 heteroatoms. The summed E-state index contributed by atoms with van der Waals surface area (Å²) in [7, 11) is 3.55. The number of nitrogens with zero attached hydrogens (tertiary/aromatic N) is 2. The third-order valence-corrected chi connectivity index (χ3v) is 5.58. The van der Waals surface area contributed by atoms with Crippen molar-refractivity contribution in [1.29, 1.82) is 0 Å². The summed E-state index contributed by atoms with van der Waals surface area (Å²) < 4.78 is 0. The number of aryl methyl sites for hydroxylation is 2. The van der Waals surface area contributed by atoms with E-state index in [4.69, 9.17) is 23.2 Å². The Bertz CT molecular complexity index is 796. The highest BCUT2D eigenvalue weighted by Gasteiger charge is 2.14. The number of carbonyl (C=O) groups excluding carboxylic acids is 2. The summed E-state index contributed by atoms with van der Waals surface area (Å²) in [6, 6.07) is 10.7. The average Bonchev–Trinajstić information content (AvgIpc) is 2.67. The summed E-state index contributed by atoms with van der Waals surface area (Å²) in [4.78, 5) is 28.3. The van der Waals surface area contributed by atoms with Crippen LogP contribution < -0.4 is 0 Å². The van der Waals surface area contributed by atoms with E-state index in [1.54, 1.807) is 48.2 Å². The molecular formula is C22H26Cl2N2O2. The Morgan fingerprint density at radius 2 is 1.11 bits per heavy atom. The van der Waals surface area contributed by atoms with Crippen LogP contribution in [0.4, 0.5) is 0 Å². The molecule has 2 aromatic carbocycles. The molecular weight excluding hydrogens is 395 g/mol. The van der Waals surface area contributed by atoms with Crippen LogP contribution in [0.2, 0.25) is 10.0 Å². The third kappa shape index (κ3) is 5.73. The van der Waals surface area contributed by atoms with Crippen molar-refractivity contribution < 1.29 is 9.59 Å². The van der Waals surface area contributed by atoms with Crippen molar-refractivity contribution >= 4 is 35.0 Å². The first-order valence-electron chi connectivity index (χ1n) is 9.24. The van der Waals surface area contributed by atoms with Crippen LogP contribution in [0.15, 0.2) is 36.4 Å². The number of unbranched alkanes of at least 4 members (excludes halogenated alkanes) is 1. The molecule has 0 heterocycles. The van der Waals surface area contributed by atoms with Crippen molar-refractivity contribution in [2.45, 2.75) is 26.7 Å². The van der Waals surface area contributed by atoms with Crippen LogP contribution in [0, 0.1) is 13.8 Å². The van der Waals surface area contributed by atoms with Gasteiger partial charge in [0, 0.05) is 48.4 Å². The molecule has 0 aliphatic heterocycles. The second kappa shape index (κ2) is 9.94. The van der Waals surface area contributed by atoms with E-state index in [-0.39, 0.29) is 11.8 Å². The fourth-order valence-electron chi connectivity index (χ4n) is 2.79. The van der Waals surface area contributed by atoms with Crippen molar-refractivity contribution in [3.05, 3.63) is 68.7 Å². The third-order valence-electron chi connectivity index (χ3n) is 4.77. The summed E-state index contributed by atoms with van der Waals surface area (Å²) in [5, 5.41) is 1.19. The Hall–Kier alpha value is -2.04. The maximum atomic E-state index is 12.5. The Morgan fingerprint density at radius 3 is 1.43 bits per heavy atom. The Morgan fingerprint density at radius 1 is 0.750 bits per heavy atom. The molecule has 0 aliphatic rings.